The highest BCUT2D eigenvalue weighted by atomic mass is 16.2. The minimum Gasteiger partial charge on any atom is -0.338 e. The van der Waals surface area contributed by atoms with E-state index < -0.39 is 5.54 Å². The van der Waals surface area contributed by atoms with Crippen LogP contribution in [0.3, 0.4) is 0 Å². The van der Waals surface area contributed by atoms with Crippen molar-refractivity contribution in [2.45, 2.75) is 38.3 Å². The molecular formula is C17H19N3O2. The molecule has 2 fully saturated rings. The van der Waals surface area contributed by atoms with Crippen molar-refractivity contribution in [1.29, 1.82) is 5.26 Å². The summed E-state index contributed by atoms with van der Waals surface area (Å²) in [6.07, 6.45) is 1.66. The molecule has 2 amide bonds. The van der Waals surface area contributed by atoms with Gasteiger partial charge in [-0.3, -0.25) is 9.59 Å². The number of benzene rings is 1. The Hall–Kier alpha value is -2.35. The Morgan fingerprint density at radius 2 is 2.09 bits per heavy atom. The molecule has 114 valence electrons. The van der Waals surface area contributed by atoms with Crippen LogP contribution in [0.2, 0.25) is 0 Å². The van der Waals surface area contributed by atoms with E-state index >= 15 is 0 Å². The fraction of sp³-hybridized carbons (Fsp3) is 0.471. The zero-order valence-electron chi connectivity index (χ0n) is 12.6. The van der Waals surface area contributed by atoms with Gasteiger partial charge >= 0.3 is 0 Å². The lowest BCUT2D eigenvalue weighted by atomic mass is 10.1. The number of nitrogens with one attached hydrogen (secondary N) is 1. The molecule has 0 bridgehead atoms. The normalized spacial score (nSPS) is 22.3. The molecule has 1 aliphatic carbocycles. The standard InChI is InChI=1S/C17H19N3O2/c1-12-2-4-13(5-3-12)9-20-10-14(8-15(20)21)16(22)19-17(11-18)6-7-17/h2-5,14H,6-10H2,1H3,(H,19,22). The Kier molecular flexibility index (Phi) is 3.61. The first-order valence-electron chi connectivity index (χ1n) is 7.58. The summed E-state index contributed by atoms with van der Waals surface area (Å²) >= 11 is 0. The Morgan fingerprint density at radius 3 is 2.68 bits per heavy atom. The van der Waals surface area contributed by atoms with Crippen molar-refractivity contribution in [3.63, 3.8) is 0 Å². The molecule has 2 aliphatic rings. The summed E-state index contributed by atoms with van der Waals surface area (Å²) in [5.74, 6) is -0.509. The SMILES string of the molecule is Cc1ccc(CN2CC(C(=O)NC3(C#N)CC3)CC2=O)cc1. The van der Waals surface area contributed by atoms with Gasteiger partial charge in [0.15, 0.2) is 0 Å². The van der Waals surface area contributed by atoms with Crippen molar-refractivity contribution in [3.05, 3.63) is 35.4 Å². The first kappa shape index (κ1) is 14.6. The number of likely N-dealkylation sites (tertiary alicyclic amines) is 1. The molecule has 1 atom stereocenters. The summed E-state index contributed by atoms with van der Waals surface area (Å²) in [6.45, 7) is 2.99. The number of amides is 2. The third-order valence-electron chi connectivity index (χ3n) is 4.41. The zero-order chi connectivity index (χ0) is 15.7. The highest BCUT2D eigenvalue weighted by Crippen LogP contribution is 2.35. The van der Waals surface area contributed by atoms with Gasteiger partial charge in [-0.05, 0) is 25.3 Å². The first-order chi connectivity index (χ1) is 10.5. The number of carbonyl (C=O) groups is 2. The summed E-state index contributed by atoms with van der Waals surface area (Å²) in [7, 11) is 0. The van der Waals surface area contributed by atoms with Crippen molar-refractivity contribution in [2.75, 3.05) is 6.54 Å². The summed E-state index contributed by atoms with van der Waals surface area (Å²) in [5, 5.41) is 11.8. The van der Waals surface area contributed by atoms with Crippen LogP contribution in [0.4, 0.5) is 0 Å². The minimum absolute atomic E-state index is 0.00234. The van der Waals surface area contributed by atoms with Crippen molar-refractivity contribution in [3.8, 4) is 6.07 Å². The minimum atomic E-state index is -0.662. The number of nitriles is 1. The second-order valence-electron chi connectivity index (χ2n) is 6.34. The quantitative estimate of drug-likeness (QED) is 0.915. The molecule has 1 saturated heterocycles. The maximum atomic E-state index is 12.2. The Bertz CT molecular complexity index is 641. The Morgan fingerprint density at radius 1 is 1.41 bits per heavy atom. The van der Waals surface area contributed by atoms with Crippen LogP contribution < -0.4 is 5.32 Å². The van der Waals surface area contributed by atoms with Crippen LogP contribution in [0, 0.1) is 24.2 Å². The van der Waals surface area contributed by atoms with E-state index in [9.17, 15) is 9.59 Å². The van der Waals surface area contributed by atoms with Crippen molar-refractivity contribution in [2.24, 2.45) is 5.92 Å². The molecule has 3 rings (SSSR count). The third kappa shape index (κ3) is 2.96. The van der Waals surface area contributed by atoms with Crippen LogP contribution in [-0.4, -0.2) is 28.8 Å². The largest absolute Gasteiger partial charge is 0.338 e. The van der Waals surface area contributed by atoms with Crippen LogP contribution in [0.15, 0.2) is 24.3 Å². The topological polar surface area (TPSA) is 73.2 Å². The van der Waals surface area contributed by atoms with E-state index in [1.165, 1.54) is 5.56 Å². The van der Waals surface area contributed by atoms with Crippen LogP contribution in [0.25, 0.3) is 0 Å². The number of nitrogens with zero attached hydrogens (tertiary/aromatic N) is 2. The van der Waals surface area contributed by atoms with Crippen LogP contribution in [0.1, 0.15) is 30.4 Å². The molecule has 1 N–H and O–H groups in total. The molecule has 5 nitrogen and oxygen atoms in total. The number of aryl methyl sites for hydroxylation is 1. The molecule has 1 heterocycles. The summed E-state index contributed by atoms with van der Waals surface area (Å²) < 4.78 is 0. The van der Waals surface area contributed by atoms with E-state index in [1.54, 1.807) is 4.90 Å². The summed E-state index contributed by atoms with van der Waals surface area (Å²) in [6, 6.07) is 10.2. The highest BCUT2D eigenvalue weighted by Gasteiger charge is 2.46. The molecule has 0 spiro atoms. The third-order valence-corrected chi connectivity index (χ3v) is 4.41. The molecule has 0 aromatic heterocycles. The number of rotatable bonds is 4. The van der Waals surface area contributed by atoms with Gasteiger partial charge in [-0.1, -0.05) is 29.8 Å². The van der Waals surface area contributed by atoms with Crippen LogP contribution in [-0.2, 0) is 16.1 Å². The molecule has 1 aliphatic heterocycles. The van der Waals surface area contributed by atoms with Gasteiger partial charge in [0.05, 0.1) is 12.0 Å². The Labute approximate surface area is 129 Å². The molecule has 1 aromatic carbocycles. The Balaban J connectivity index is 1.59. The second kappa shape index (κ2) is 5.45. The van der Waals surface area contributed by atoms with E-state index in [2.05, 4.69) is 11.4 Å². The predicted molar refractivity (Wildman–Crippen MR) is 80.4 cm³/mol. The van der Waals surface area contributed by atoms with Gasteiger partial charge in [0.1, 0.15) is 5.54 Å². The van der Waals surface area contributed by atoms with E-state index in [1.807, 2.05) is 31.2 Å². The summed E-state index contributed by atoms with van der Waals surface area (Å²) in [5.41, 5.74) is 1.58. The van der Waals surface area contributed by atoms with Crippen LogP contribution >= 0.6 is 0 Å². The monoisotopic (exact) mass is 297 g/mol. The second-order valence-corrected chi connectivity index (χ2v) is 6.34. The van der Waals surface area contributed by atoms with Gasteiger partial charge in [-0.2, -0.15) is 5.26 Å². The lowest BCUT2D eigenvalue weighted by Crippen LogP contribution is -2.40. The number of hydrogen-bond donors (Lipinski definition) is 1. The molecule has 1 saturated carbocycles. The fourth-order valence-corrected chi connectivity index (χ4v) is 2.74. The zero-order valence-corrected chi connectivity index (χ0v) is 12.6. The maximum absolute atomic E-state index is 12.2. The van der Waals surface area contributed by atoms with E-state index in [4.69, 9.17) is 5.26 Å². The molecule has 1 unspecified atom stereocenters. The van der Waals surface area contributed by atoms with Crippen molar-refractivity contribution >= 4 is 11.8 Å². The fourth-order valence-electron chi connectivity index (χ4n) is 2.74. The average molecular weight is 297 g/mol. The van der Waals surface area contributed by atoms with Gasteiger partial charge < -0.3 is 10.2 Å². The van der Waals surface area contributed by atoms with E-state index in [-0.39, 0.29) is 24.2 Å². The van der Waals surface area contributed by atoms with E-state index in [0.717, 1.165) is 5.56 Å². The lowest BCUT2D eigenvalue weighted by Gasteiger charge is -2.17. The highest BCUT2D eigenvalue weighted by molar-refractivity contribution is 5.90. The molecule has 0 radical (unpaired) electrons. The van der Waals surface area contributed by atoms with Crippen molar-refractivity contribution in [1.82, 2.24) is 10.2 Å². The van der Waals surface area contributed by atoms with Gasteiger partial charge in [-0.15, -0.1) is 0 Å². The molecular weight excluding hydrogens is 278 g/mol. The maximum Gasteiger partial charge on any atom is 0.226 e. The van der Waals surface area contributed by atoms with E-state index in [0.29, 0.717) is 25.9 Å². The molecule has 22 heavy (non-hydrogen) atoms. The molecule has 5 heteroatoms. The van der Waals surface area contributed by atoms with Gasteiger partial charge in [0.2, 0.25) is 11.8 Å². The predicted octanol–water partition coefficient (Wildman–Crippen LogP) is 1.52. The number of hydrogen-bond acceptors (Lipinski definition) is 3. The van der Waals surface area contributed by atoms with Gasteiger partial charge in [-0.25, -0.2) is 0 Å². The average Bonchev–Trinajstić information content (AvgIpc) is 3.18. The lowest BCUT2D eigenvalue weighted by molar-refractivity contribution is -0.129. The van der Waals surface area contributed by atoms with Crippen LogP contribution in [0.5, 0.6) is 0 Å². The van der Waals surface area contributed by atoms with Gasteiger partial charge in [0.25, 0.3) is 0 Å². The first-order valence-corrected chi connectivity index (χ1v) is 7.58. The van der Waals surface area contributed by atoms with Gasteiger partial charge in [0, 0.05) is 19.5 Å². The smallest absolute Gasteiger partial charge is 0.226 e. The summed E-state index contributed by atoms with van der Waals surface area (Å²) in [4.78, 5) is 26.0. The molecule has 1 aromatic rings. The van der Waals surface area contributed by atoms with Crippen molar-refractivity contribution < 1.29 is 9.59 Å². The number of carbonyl (C=O) groups excluding carboxylic acids is 2.